The number of hydrogen-bond donors (Lipinski definition) is 3. The summed E-state index contributed by atoms with van der Waals surface area (Å²) in [4.78, 5) is 44.4. The Morgan fingerprint density at radius 2 is 1.68 bits per heavy atom. The first kappa shape index (κ1) is 41.0. The first-order valence-corrected chi connectivity index (χ1v) is 18.7. The topological polar surface area (TPSA) is 117 Å². The van der Waals surface area contributed by atoms with E-state index < -0.39 is 35.8 Å². The Balaban J connectivity index is 1.65. The van der Waals surface area contributed by atoms with E-state index in [9.17, 15) is 23.2 Å². The van der Waals surface area contributed by atoms with Crippen LogP contribution in [0, 0.1) is 30.4 Å². The summed E-state index contributed by atoms with van der Waals surface area (Å²) >= 11 is 0. The van der Waals surface area contributed by atoms with E-state index in [0.29, 0.717) is 50.3 Å². The predicted molar refractivity (Wildman–Crippen MR) is 203 cm³/mol. The van der Waals surface area contributed by atoms with Gasteiger partial charge in [0.25, 0.3) is 11.8 Å². The molecule has 0 aromatic heterocycles. The van der Waals surface area contributed by atoms with Crippen LogP contribution in [0.15, 0.2) is 60.7 Å². The van der Waals surface area contributed by atoms with Crippen LogP contribution in [0.25, 0.3) is 0 Å². The van der Waals surface area contributed by atoms with Gasteiger partial charge in [0.05, 0.1) is 6.04 Å². The molecule has 0 unspecified atom stereocenters. The number of halogens is 2. The number of likely N-dealkylation sites (tertiary alicyclic amines) is 1. The van der Waals surface area contributed by atoms with Crippen LogP contribution in [0.3, 0.4) is 0 Å². The summed E-state index contributed by atoms with van der Waals surface area (Å²) < 4.78 is 35.0. The second kappa shape index (κ2) is 20.5. The molecule has 0 saturated carbocycles. The van der Waals surface area contributed by atoms with E-state index in [1.54, 1.807) is 23.1 Å². The van der Waals surface area contributed by atoms with Gasteiger partial charge < -0.3 is 30.9 Å². The average molecular weight is 730 g/mol. The fourth-order valence-electron chi connectivity index (χ4n) is 6.42. The molecule has 1 aliphatic rings. The number of carbonyl (C=O) groups excluding carboxylic acids is 3. The van der Waals surface area contributed by atoms with Crippen molar-refractivity contribution in [1.82, 2.24) is 20.4 Å². The van der Waals surface area contributed by atoms with Crippen LogP contribution in [-0.4, -0.2) is 78.6 Å². The maximum absolute atomic E-state index is 14.4. The second-order valence-electron chi connectivity index (χ2n) is 13.7. The number of benzene rings is 3. The summed E-state index contributed by atoms with van der Waals surface area (Å²) in [5.74, 6) is 4.10. The van der Waals surface area contributed by atoms with Crippen molar-refractivity contribution in [1.29, 1.82) is 0 Å². The number of hydrogen-bond acceptors (Lipinski definition) is 6. The van der Waals surface area contributed by atoms with Gasteiger partial charge in [-0.15, -0.1) is 0 Å². The van der Waals surface area contributed by atoms with Crippen molar-refractivity contribution < 1.29 is 27.9 Å². The molecule has 0 spiro atoms. The van der Waals surface area contributed by atoms with Crippen molar-refractivity contribution in [3.8, 4) is 11.8 Å². The van der Waals surface area contributed by atoms with Gasteiger partial charge in [0.15, 0.2) is 0 Å². The van der Waals surface area contributed by atoms with Crippen LogP contribution in [0.1, 0.15) is 95.8 Å². The van der Waals surface area contributed by atoms with Crippen molar-refractivity contribution in [2.75, 3.05) is 32.7 Å². The number of nitrogens with two attached hydrogens (primary N) is 1. The van der Waals surface area contributed by atoms with Gasteiger partial charge >= 0.3 is 6.09 Å². The molecule has 53 heavy (non-hydrogen) atoms. The molecule has 3 aromatic rings. The smallest absolute Gasteiger partial charge is 0.410 e. The van der Waals surface area contributed by atoms with Crippen molar-refractivity contribution in [3.05, 3.63) is 106 Å². The third kappa shape index (κ3) is 12.7. The maximum Gasteiger partial charge on any atom is 0.410 e. The fourth-order valence-corrected chi connectivity index (χ4v) is 6.42. The zero-order valence-electron chi connectivity index (χ0n) is 31.4. The van der Waals surface area contributed by atoms with Gasteiger partial charge in [0.1, 0.15) is 17.7 Å². The molecule has 0 bridgehead atoms. The number of rotatable bonds is 16. The second-order valence-corrected chi connectivity index (χ2v) is 13.7. The monoisotopic (exact) mass is 729 g/mol. The number of nitrogens with zero attached hydrogens (tertiary/aromatic N) is 2. The minimum absolute atomic E-state index is 0.0551. The lowest BCUT2D eigenvalue weighted by atomic mass is 9.99. The van der Waals surface area contributed by atoms with Gasteiger partial charge in [-0.2, -0.15) is 0 Å². The highest BCUT2D eigenvalue weighted by molar-refractivity contribution is 6.00. The van der Waals surface area contributed by atoms with Gasteiger partial charge in [-0.05, 0) is 98.2 Å². The number of aryl methyl sites for hydroxylation is 1. The molecule has 1 saturated heterocycles. The van der Waals surface area contributed by atoms with Crippen LogP contribution < -0.4 is 16.4 Å². The lowest BCUT2D eigenvalue weighted by molar-refractivity contribution is 0.0459. The van der Waals surface area contributed by atoms with Gasteiger partial charge in [0.2, 0.25) is 0 Å². The standard InChI is InChI=1S/C42H53F2N5O4/c1-5-8-9-11-30-12-10-13-31(20-30)26-46-27-39(53-42(52)49-17-14-37(45)28-49)38(23-32-21-35(43)25-36(44)22-32)47-40(50)33-18-29(4)19-34(24-33)41(51)48(15-6-2)16-7-3/h10,12-13,18-22,24-25,37-39,46H,5-8,14-17,23,26-28,45H2,1-4H3,(H,47,50)/t37-,38+,39-/m1/s1. The van der Waals surface area contributed by atoms with E-state index in [0.717, 1.165) is 42.9 Å². The lowest BCUT2D eigenvalue weighted by Gasteiger charge is -2.30. The molecule has 0 aliphatic carbocycles. The molecule has 3 atom stereocenters. The molecule has 0 radical (unpaired) electrons. The number of carbonyl (C=O) groups is 3. The van der Waals surface area contributed by atoms with Crippen molar-refractivity contribution in [2.45, 2.75) is 91.0 Å². The Bertz CT molecular complexity index is 1750. The van der Waals surface area contributed by atoms with Gasteiger partial charge in [-0.25, -0.2) is 13.6 Å². The summed E-state index contributed by atoms with van der Waals surface area (Å²) in [5, 5.41) is 6.35. The minimum atomic E-state index is -0.974. The summed E-state index contributed by atoms with van der Waals surface area (Å²) in [6.45, 7) is 10.3. The average Bonchev–Trinajstić information content (AvgIpc) is 3.56. The van der Waals surface area contributed by atoms with E-state index in [4.69, 9.17) is 10.5 Å². The highest BCUT2D eigenvalue weighted by Crippen LogP contribution is 2.19. The SMILES string of the molecule is CCCC#Cc1cccc(CNC[C@@H](OC(=O)N2CC[C@@H](N)C2)[C@H](Cc2cc(F)cc(F)c2)NC(=O)c2cc(C)cc(C(=O)N(CCC)CCC)c2)c1. The third-order valence-electron chi connectivity index (χ3n) is 8.95. The molecule has 4 rings (SSSR count). The van der Waals surface area contributed by atoms with Crippen molar-refractivity contribution >= 4 is 17.9 Å². The largest absolute Gasteiger partial charge is 0.443 e. The van der Waals surface area contributed by atoms with E-state index in [1.165, 1.54) is 17.0 Å². The normalized spacial score (nSPS) is 14.9. The zero-order valence-corrected chi connectivity index (χ0v) is 31.4. The van der Waals surface area contributed by atoms with Crippen LogP contribution in [0.5, 0.6) is 0 Å². The molecule has 3 aromatic carbocycles. The van der Waals surface area contributed by atoms with Gasteiger partial charge in [-0.1, -0.05) is 44.7 Å². The Hall–Kier alpha value is -4.79. The van der Waals surface area contributed by atoms with Crippen molar-refractivity contribution in [2.24, 2.45) is 5.73 Å². The van der Waals surface area contributed by atoms with E-state index >= 15 is 0 Å². The highest BCUT2D eigenvalue weighted by Gasteiger charge is 2.32. The summed E-state index contributed by atoms with van der Waals surface area (Å²) in [7, 11) is 0. The molecule has 1 heterocycles. The number of unbranched alkanes of at least 4 members (excludes halogenated alkanes) is 1. The quantitative estimate of drug-likeness (QED) is 0.148. The lowest BCUT2D eigenvalue weighted by Crippen LogP contribution is -2.52. The minimum Gasteiger partial charge on any atom is -0.443 e. The third-order valence-corrected chi connectivity index (χ3v) is 8.95. The van der Waals surface area contributed by atoms with Crippen LogP contribution in [0.2, 0.25) is 0 Å². The first-order chi connectivity index (χ1) is 25.5. The number of amides is 3. The molecule has 1 aliphatic heterocycles. The molecule has 3 amide bonds. The fraction of sp³-hybridized carbons (Fsp3) is 0.452. The molecular weight excluding hydrogens is 676 g/mol. The Labute approximate surface area is 312 Å². The van der Waals surface area contributed by atoms with Crippen molar-refractivity contribution in [3.63, 3.8) is 0 Å². The summed E-state index contributed by atoms with van der Waals surface area (Å²) in [6.07, 6.45) is 2.36. The molecule has 11 heteroatoms. The highest BCUT2D eigenvalue weighted by atomic mass is 19.1. The molecule has 9 nitrogen and oxygen atoms in total. The van der Waals surface area contributed by atoms with E-state index in [1.807, 2.05) is 45.0 Å². The predicted octanol–water partition coefficient (Wildman–Crippen LogP) is 6.36. The van der Waals surface area contributed by atoms with E-state index in [-0.39, 0.29) is 36.0 Å². The maximum atomic E-state index is 14.4. The summed E-state index contributed by atoms with van der Waals surface area (Å²) in [6, 6.07) is 14.8. The number of nitrogens with one attached hydrogen (secondary N) is 2. The van der Waals surface area contributed by atoms with E-state index in [2.05, 4.69) is 29.4 Å². The van der Waals surface area contributed by atoms with Crippen LogP contribution >= 0.6 is 0 Å². The first-order valence-electron chi connectivity index (χ1n) is 18.7. The molecular formula is C42H53F2N5O4. The summed E-state index contributed by atoms with van der Waals surface area (Å²) in [5.41, 5.74) is 9.53. The molecule has 4 N–H and O–H groups in total. The molecule has 284 valence electrons. The number of ether oxygens (including phenoxy) is 1. The Morgan fingerprint density at radius 1 is 0.962 bits per heavy atom. The Kier molecular flexibility index (Phi) is 15.8. The van der Waals surface area contributed by atoms with Gasteiger partial charge in [0, 0.05) is 74.5 Å². The van der Waals surface area contributed by atoms with Gasteiger partial charge in [-0.3, -0.25) is 9.59 Å². The van der Waals surface area contributed by atoms with Crippen LogP contribution in [0.4, 0.5) is 13.6 Å². The zero-order chi connectivity index (χ0) is 38.3. The molecule has 1 fully saturated rings. The van der Waals surface area contributed by atoms with Crippen LogP contribution in [-0.2, 0) is 17.7 Å². The Morgan fingerprint density at radius 3 is 2.34 bits per heavy atom.